The van der Waals surface area contributed by atoms with E-state index in [1.54, 1.807) is 13.8 Å². The Morgan fingerprint density at radius 1 is 1.25 bits per heavy atom. The van der Waals surface area contributed by atoms with Crippen LogP contribution in [0.3, 0.4) is 0 Å². The van der Waals surface area contributed by atoms with E-state index in [1.807, 2.05) is 10.6 Å². The summed E-state index contributed by atoms with van der Waals surface area (Å²) in [6.07, 6.45) is -2.70. The van der Waals surface area contributed by atoms with Crippen molar-refractivity contribution < 1.29 is 21.2 Å². The number of rotatable bonds is 4. The minimum Gasteiger partial charge on any atom is -0.277 e. The topological polar surface area (TPSA) is 75.3 Å². The third kappa shape index (κ3) is 1.70. The molecular weight excluding hydrogens is 208 g/mol. The van der Waals surface area contributed by atoms with Gasteiger partial charge in [0.15, 0.2) is 0 Å². The quantitative estimate of drug-likeness (QED) is 0.713. The van der Waals surface area contributed by atoms with Gasteiger partial charge in [0.2, 0.25) is 11.8 Å². The number of amides is 4. The fraction of sp³-hybridized carbons (Fsp3) is 0.727. The van der Waals surface area contributed by atoms with Crippen LogP contribution in [0.4, 0.5) is 4.79 Å². The molecule has 0 aromatic carbocycles. The molecule has 1 fully saturated rings. The van der Waals surface area contributed by atoms with Crippen molar-refractivity contribution in [2.45, 2.75) is 39.9 Å². The summed E-state index contributed by atoms with van der Waals surface area (Å²) in [5.74, 6) is -3.27. The number of nitrogens with one attached hydrogen (secondary N) is 2. The minimum absolute atomic E-state index is 0.209. The molecule has 0 bridgehead atoms. The first kappa shape index (κ1) is 7.04. The predicted octanol–water partition coefficient (Wildman–Crippen LogP) is 1.18. The second kappa shape index (κ2) is 4.63. The van der Waals surface area contributed by atoms with Crippen LogP contribution in [0.1, 0.15) is 46.8 Å². The molecule has 0 aromatic rings. The molecule has 1 aliphatic rings. The summed E-state index contributed by atoms with van der Waals surface area (Å²) in [6, 6.07) is -1.08. The van der Waals surface area contributed by atoms with Crippen LogP contribution in [-0.2, 0) is 9.59 Å². The second-order valence-electron chi connectivity index (χ2n) is 3.68. The molecule has 1 heterocycles. The molecule has 0 radical (unpaired) electrons. The van der Waals surface area contributed by atoms with Gasteiger partial charge in [-0.2, -0.15) is 0 Å². The first-order chi connectivity index (χ1) is 9.46. The van der Waals surface area contributed by atoms with Gasteiger partial charge < -0.3 is 0 Å². The Bertz CT molecular complexity index is 451. The molecule has 5 nitrogen and oxygen atoms in total. The smallest absolute Gasteiger partial charge is 0.277 e. The Balaban J connectivity index is 3.62. The fourth-order valence-electron chi connectivity index (χ4n) is 2.03. The standard InChI is InChI=1S/C11H18N2O3/c1-4-7(5-2)11(6-3)8(14)12-10(16)13-9(11)15/h7H,4-6H2,1-3H3,(H2,12,13,14,15,16)/i3D3,6D2. The number of hydrogen-bond acceptors (Lipinski definition) is 3. The zero-order valence-electron chi connectivity index (χ0n) is 14.2. The molecule has 1 saturated heterocycles. The molecule has 4 amide bonds. The van der Waals surface area contributed by atoms with Gasteiger partial charge in [-0.15, -0.1) is 0 Å². The van der Waals surface area contributed by atoms with Crippen molar-refractivity contribution in [1.82, 2.24) is 10.6 Å². The lowest BCUT2D eigenvalue weighted by molar-refractivity contribution is -0.149. The number of imide groups is 2. The van der Waals surface area contributed by atoms with E-state index in [9.17, 15) is 14.4 Å². The number of carbonyl (C=O) groups excluding carboxylic acids is 3. The van der Waals surface area contributed by atoms with Gasteiger partial charge in [0, 0.05) is 6.85 Å². The lowest BCUT2D eigenvalue weighted by Crippen LogP contribution is -2.64. The third-order valence-corrected chi connectivity index (χ3v) is 2.97. The zero-order valence-corrected chi connectivity index (χ0v) is 9.22. The lowest BCUT2D eigenvalue weighted by atomic mass is 9.68. The van der Waals surface area contributed by atoms with Crippen molar-refractivity contribution in [3.63, 3.8) is 0 Å². The SMILES string of the molecule is [2H]C([2H])([2H])C([2H])([2H])C1(C(CC)CC)C(=O)NC(=O)NC1=O. The first-order valence-corrected chi connectivity index (χ1v) is 5.13. The maximum Gasteiger partial charge on any atom is 0.328 e. The van der Waals surface area contributed by atoms with Crippen molar-refractivity contribution in [2.24, 2.45) is 11.3 Å². The maximum atomic E-state index is 12.3. The van der Waals surface area contributed by atoms with Crippen LogP contribution < -0.4 is 10.6 Å². The summed E-state index contributed by atoms with van der Waals surface area (Å²) in [6.45, 7) is 0.0512. The molecule has 2 N–H and O–H groups in total. The van der Waals surface area contributed by atoms with E-state index in [-0.39, 0.29) is 12.8 Å². The Kier molecular flexibility index (Phi) is 2.04. The highest BCUT2D eigenvalue weighted by molar-refractivity contribution is 6.19. The van der Waals surface area contributed by atoms with Crippen LogP contribution in [0.15, 0.2) is 0 Å². The van der Waals surface area contributed by atoms with Crippen molar-refractivity contribution in [3.05, 3.63) is 0 Å². The molecule has 1 rings (SSSR count). The molecule has 5 heteroatoms. The van der Waals surface area contributed by atoms with Gasteiger partial charge in [-0.1, -0.05) is 33.5 Å². The first-order valence-electron chi connectivity index (χ1n) is 7.63. The van der Waals surface area contributed by atoms with E-state index in [0.29, 0.717) is 0 Å². The van der Waals surface area contributed by atoms with Crippen molar-refractivity contribution in [3.8, 4) is 0 Å². The highest BCUT2D eigenvalue weighted by atomic mass is 16.2. The maximum absolute atomic E-state index is 12.3. The van der Waals surface area contributed by atoms with Crippen molar-refractivity contribution >= 4 is 17.8 Å². The largest absolute Gasteiger partial charge is 0.328 e. The monoisotopic (exact) mass is 231 g/mol. The molecule has 0 aromatic heterocycles. The Labute approximate surface area is 102 Å². The Hall–Kier alpha value is -1.39. The third-order valence-electron chi connectivity index (χ3n) is 2.97. The minimum atomic E-state index is -3.20. The predicted molar refractivity (Wildman–Crippen MR) is 58.5 cm³/mol. The van der Waals surface area contributed by atoms with E-state index in [2.05, 4.69) is 0 Å². The van der Waals surface area contributed by atoms with Crippen molar-refractivity contribution in [1.29, 1.82) is 0 Å². The molecule has 90 valence electrons. The summed E-state index contributed by atoms with van der Waals surface area (Å²) < 4.78 is 38.1. The Morgan fingerprint density at radius 2 is 1.75 bits per heavy atom. The average Bonchev–Trinajstić information content (AvgIpc) is 2.31. The molecule has 0 aliphatic carbocycles. The summed E-state index contributed by atoms with van der Waals surface area (Å²) in [5.41, 5.74) is -2.48. The molecular formula is C11H18N2O3. The molecule has 0 spiro atoms. The van der Waals surface area contributed by atoms with Gasteiger partial charge in [0.1, 0.15) is 5.41 Å². The van der Waals surface area contributed by atoms with Gasteiger partial charge in [-0.3, -0.25) is 20.2 Å². The number of carbonyl (C=O) groups is 3. The summed E-state index contributed by atoms with van der Waals surface area (Å²) in [4.78, 5) is 35.8. The van der Waals surface area contributed by atoms with E-state index >= 15 is 0 Å². The average molecular weight is 231 g/mol. The summed E-state index contributed by atoms with van der Waals surface area (Å²) in [7, 11) is 0. The highest BCUT2D eigenvalue weighted by Gasteiger charge is 2.52. The summed E-state index contributed by atoms with van der Waals surface area (Å²) >= 11 is 0. The second-order valence-corrected chi connectivity index (χ2v) is 3.68. The molecule has 1 aliphatic heterocycles. The van der Waals surface area contributed by atoms with E-state index in [0.717, 1.165) is 0 Å². The van der Waals surface area contributed by atoms with Crippen LogP contribution in [0, 0.1) is 11.3 Å². The van der Waals surface area contributed by atoms with Crippen LogP contribution in [0.2, 0.25) is 0 Å². The van der Waals surface area contributed by atoms with E-state index < -0.39 is 42.4 Å². The van der Waals surface area contributed by atoms with Gasteiger partial charge in [-0.25, -0.2) is 4.79 Å². The van der Waals surface area contributed by atoms with Gasteiger partial charge in [0.25, 0.3) is 0 Å². The van der Waals surface area contributed by atoms with E-state index in [4.69, 9.17) is 6.85 Å². The van der Waals surface area contributed by atoms with Crippen LogP contribution >= 0.6 is 0 Å². The van der Waals surface area contributed by atoms with Crippen molar-refractivity contribution in [2.75, 3.05) is 0 Å². The van der Waals surface area contributed by atoms with Gasteiger partial charge >= 0.3 is 6.03 Å². The molecule has 16 heavy (non-hydrogen) atoms. The van der Waals surface area contributed by atoms with Gasteiger partial charge in [-0.05, 0) is 12.3 Å². The van der Waals surface area contributed by atoms with E-state index in [1.165, 1.54) is 0 Å². The molecule has 0 saturated carbocycles. The van der Waals surface area contributed by atoms with Gasteiger partial charge in [0.05, 0.1) is 0 Å². The summed E-state index contributed by atoms with van der Waals surface area (Å²) in [5, 5.41) is 3.66. The van der Waals surface area contributed by atoms with Crippen LogP contribution in [0.25, 0.3) is 0 Å². The number of urea groups is 1. The molecule has 0 unspecified atom stereocenters. The lowest BCUT2D eigenvalue weighted by Gasteiger charge is -2.38. The highest BCUT2D eigenvalue weighted by Crippen LogP contribution is 2.38. The Morgan fingerprint density at radius 3 is 2.12 bits per heavy atom. The molecule has 0 atom stereocenters. The zero-order chi connectivity index (χ0) is 16.6. The number of barbiturate groups is 1. The van der Waals surface area contributed by atoms with Crippen LogP contribution in [0.5, 0.6) is 0 Å². The normalized spacial score (nSPS) is 25.9. The number of hydrogen-bond donors (Lipinski definition) is 2. The fourth-order valence-corrected chi connectivity index (χ4v) is 2.03. The van der Waals surface area contributed by atoms with Crippen LogP contribution in [-0.4, -0.2) is 17.8 Å².